The molecule has 2 bridgehead atoms. The quantitative estimate of drug-likeness (QED) is 0.820. The standard InChI is InChI=1S/C15H29N3O/c1-3-16-12-8-13-4-5-14(9-12)18(13)11-15-10-17(2)6-7-19-15/h12-16H,3-11H2,1-2H3. The van der Waals surface area contributed by atoms with Crippen molar-refractivity contribution in [3.8, 4) is 0 Å². The third-order valence-corrected chi connectivity index (χ3v) is 5.13. The van der Waals surface area contributed by atoms with E-state index >= 15 is 0 Å². The molecule has 3 heterocycles. The predicted octanol–water partition coefficient (Wildman–Crippen LogP) is 0.922. The zero-order valence-corrected chi connectivity index (χ0v) is 12.5. The molecule has 19 heavy (non-hydrogen) atoms. The van der Waals surface area contributed by atoms with Crippen LogP contribution in [0.15, 0.2) is 0 Å². The number of rotatable bonds is 4. The molecule has 4 heteroatoms. The predicted molar refractivity (Wildman–Crippen MR) is 77.5 cm³/mol. The topological polar surface area (TPSA) is 27.7 Å². The lowest BCUT2D eigenvalue weighted by Gasteiger charge is -2.42. The zero-order chi connectivity index (χ0) is 13.2. The molecule has 0 radical (unpaired) electrons. The summed E-state index contributed by atoms with van der Waals surface area (Å²) >= 11 is 0. The van der Waals surface area contributed by atoms with Crippen LogP contribution in [0.4, 0.5) is 0 Å². The Morgan fingerprint density at radius 1 is 1.21 bits per heavy atom. The van der Waals surface area contributed by atoms with Gasteiger partial charge >= 0.3 is 0 Å². The normalized spacial score (nSPS) is 40.7. The highest BCUT2D eigenvalue weighted by molar-refractivity contribution is 4.98. The van der Waals surface area contributed by atoms with Crippen molar-refractivity contribution in [1.29, 1.82) is 0 Å². The molecule has 0 aromatic carbocycles. The molecule has 0 aromatic heterocycles. The monoisotopic (exact) mass is 267 g/mol. The van der Waals surface area contributed by atoms with Crippen molar-refractivity contribution in [2.24, 2.45) is 0 Å². The first kappa shape index (κ1) is 13.8. The number of piperidine rings is 1. The Labute approximate surface area is 117 Å². The molecular formula is C15H29N3O. The van der Waals surface area contributed by atoms with E-state index in [9.17, 15) is 0 Å². The Kier molecular flexibility index (Phi) is 4.42. The molecular weight excluding hydrogens is 238 g/mol. The van der Waals surface area contributed by atoms with Gasteiger partial charge in [0.15, 0.2) is 0 Å². The first-order valence-corrected chi connectivity index (χ1v) is 8.05. The van der Waals surface area contributed by atoms with Crippen molar-refractivity contribution >= 4 is 0 Å². The van der Waals surface area contributed by atoms with Crippen molar-refractivity contribution < 1.29 is 4.74 Å². The summed E-state index contributed by atoms with van der Waals surface area (Å²) in [5, 5.41) is 3.65. The Morgan fingerprint density at radius 3 is 2.58 bits per heavy atom. The summed E-state index contributed by atoms with van der Waals surface area (Å²) < 4.78 is 5.95. The summed E-state index contributed by atoms with van der Waals surface area (Å²) in [7, 11) is 2.21. The summed E-state index contributed by atoms with van der Waals surface area (Å²) in [6, 6.07) is 2.37. The Hall–Kier alpha value is -0.160. The fourth-order valence-corrected chi connectivity index (χ4v) is 4.24. The smallest absolute Gasteiger partial charge is 0.0829 e. The molecule has 4 nitrogen and oxygen atoms in total. The average Bonchev–Trinajstić information content (AvgIpc) is 2.62. The molecule has 3 aliphatic heterocycles. The molecule has 1 N–H and O–H groups in total. The molecule has 0 amide bonds. The first-order chi connectivity index (χ1) is 9.26. The summed E-state index contributed by atoms with van der Waals surface area (Å²) in [4.78, 5) is 5.17. The number of likely N-dealkylation sites (N-methyl/N-ethyl adjacent to an activating group) is 1. The number of morpholine rings is 1. The van der Waals surface area contributed by atoms with Crippen LogP contribution in [-0.4, -0.2) is 73.9 Å². The van der Waals surface area contributed by atoms with Crippen LogP contribution in [0.3, 0.4) is 0 Å². The fraction of sp³-hybridized carbons (Fsp3) is 1.00. The maximum absolute atomic E-state index is 5.95. The molecule has 0 aliphatic carbocycles. The van der Waals surface area contributed by atoms with E-state index in [1.54, 1.807) is 0 Å². The molecule has 3 unspecified atom stereocenters. The Morgan fingerprint density at radius 2 is 1.95 bits per heavy atom. The highest BCUT2D eigenvalue weighted by atomic mass is 16.5. The first-order valence-electron chi connectivity index (χ1n) is 8.05. The Bertz CT molecular complexity index is 285. The molecule has 110 valence electrons. The minimum absolute atomic E-state index is 0.428. The highest BCUT2D eigenvalue weighted by Gasteiger charge is 2.41. The van der Waals surface area contributed by atoms with Crippen LogP contribution >= 0.6 is 0 Å². The van der Waals surface area contributed by atoms with Gasteiger partial charge < -0.3 is 15.0 Å². The summed E-state index contributed by atoms with van der Waals surface area (Å²) in [6.45, 7) is 7.59. The number of fused-ring (bicyclic) bond motifs is 2. The largest absolute Gasteiger partial charge is 0.374 e. The second kappa shape index (κ2) is 6.08. The van der Waals surface area contributed by atoms with E-state index in [1.807, 2.05) is 0 Å². The van der Waals surface area contributed by atoms with E-state index in [-0.39, 0.29) is 0 Å². The SMILES string of the molecule is CCNC1CC2CCC(C1)N2CC1CN(C)CCO1. The molecule has 3 saturated heterocycles. The molecule has 3 fully saturated rings. The van der Waals surface area contributed by atoms with Crippen LogP contribution in [0.1, 0.15) is 32.6 Å². The van der Waals surface area contributed by atoms with Crippen molar-refractivity contribution in [3.63, 3.8) is 0 Å². The fourth-order valence-electron chi connectivity index (χ4n) is 4.24. The molecule has 0 aromatic rings. The van der Waals surface area contributed by atoms with Gasteiger partial charge in [-0.25, -0.2) is 0 Å². The van der Waals surface area contributed by atoms with Gasteiger partial charge in [0.25, 0.3) is 0 Å². The molecule has 3 rings (SSSR count). The summed E-state index contributed by atoms with van der Waals surface area (Å²) in [5.41, 5.74) is 0. The highest BCUT2D eigenvalue weighted by Crippen LogP contribution is 2.36. The van der Waals surface area contributed by atoms with Crippen LogP contribution in [0.2, 0.25) is 0 Å². The number of nitrogens with one attached hydrogen (secondary N) is 1. The lowest BCUT2D eigenvalue weighted by molar-refractivity contribution is -0.0486. The van der Waals surface area contributed by atoms with Gasteiger partial charge in [0.2, 0.25) is 0 Å². The maximum Gasteiger partial charge on any atom is 0.0829 e. The van der Waals surface area contributed by atoms with Gasteiger partial charge in [-0.1, -0.05) is 6.92 Å². The molecule has 0 saturated carbocycles. The van der Waals surface area contributed by atoms with E-state index in [4.69, 9.17) is 4.74 Å². The van der Waals surface area contributed by atoms with Crippen LogP contribution in [0, 0.1) is 0 Å². The third kappa shape index (κ3) is 3.13. The average molecular weight is 267 g/mol. The van der Waals surface area contributed by atoms with Crippen LogP contribution in [-0.2, 0) is 4.74 Å². The number of hydrogen-bond acceptors (Lipinski definition) is 4. The lowest BCUT2D eigenvalue weighted by atomic mass is 9.96. The van der Waals surface area contributed by atoms with Gasteiger partial charge in [0.05, 0.1) is 12.7 Å². The summed E-state index contributed by atoms with van der Waals surface area (Å²) in [5.74, 6) is 0. The minimum atomic E-state index is 0.428. The van der Waals surface area contributed by atoms with Crippen LogP contribution in [0.25, 0.3) is 0 Å². The van der Waals surface area contributed by atoms with Crippen molar-refractivity contribution in [1.82, 2.24) is 15.1 Å². The lowest BCUT2D eigenvalue weighted by Crippen LogP contribution is -2.54. The van der Waals surface area contributed by atoms with E-state index in [0.717, 1.165) is 50.9 Å². The molecule has 3 aliphatic rings. The van der Waals surface area contributed by atoms with Gasteiger partial charge in [-0.05, 0) is 39.3 Å². The number of hydrogen-bond donors (Lipinski definition) is 1. The summed E-state index contributed by atoms with van der Waals surface area (Å²) in [6.07, 6.45) is 5.90. The molecule has 3 atom stereocenters. The van der Waals surface area contributed by atoms with Gasteiger partial charge in [-0.15, -0.1) is 0 Å². The van der Waals surface area contributed by atoms with Crippen LogP contribution < -0.4 is 5.32 Å². The van der Waals surface area contributed by atoms with E-state index in [1.165, 1.54) is 25.7 Å². The van der Waals surface area contributed by atoms with E-state index in [0.29, 0.717) is 6.10 Å². The zero-order valence-electron chi connectivity index (χ0n) is 12.5. The van der Waals surface area contributed by atoms with Crippen molar-refractivity contribution in [2.75, 3.05) is 39.8 Å². The number of ether oxygens (including phenoxy) is 1. The Balaban J connectivity index is 1.55. The molecule has 0 spiro atoms. The number of nitrogens with zero attached hydrogens (tertiary/aromatic N) is 2. The van der Waals surface area contributed by atoms with E-state index in [2.05, 4.69) is 29.1 Å². The van der Waals surface area contributed by atoms with E-state index < -0.39 is 0 Å². The van der Waals surface area contributed by atoms with Crippen LogP contribution in [0.5, 0.6) is 0 Å². The minimum Gasteiger partial charge on any atom is -0.374 e. The third-order valence-electron chi connectivity index (χ3n) is 5.13. The van der Waals surface area contributed by atoms with Gasteiger partial charge in [-0.3, -0.25) is 4.90 Å². The second-order valence-corrected chi connectivity index (χ2v) is 6.56. The van der Waals surface area contributed by atoms with Gasteiger partial charge in [0, 0.05) is 37.8 Å². The van der Waals surface area contributed by atoms with Gasteiger partial charge in [-0.2, -0.15) is 0 Å². The van der Waals surface area contributed by atoms with Gasteiger partial charge in [0.1, 0.15) is 0 Å². The van der Waals surface area contributed by atoms with Crippen molar-refractivity contribution in [2.45, 2.75) is 56.8 Å². The second-order valence-electron chi connectivity index (χ2n) is 6.56. The maximum atomic E-state index is 5.95. The van der Waals surface area contributed by atoms with Crippen molar-refractivity contribution in [3.05, 3.63) is 0 Å².